The minimum Gasteiger partial charge on any atom is -0.488 e. The Morgan fingerprint density at radius 3 is 2.56 bits per heavy atom. The van der Waals surface area contributed by atoms with Crippen molar-refractivity contribution in [2.45, 2.75) is 33.3 Å². The Balaban J connectivity index is 1.55. The van der Waals surface area contributed by atoms with E-state index in [-0.39, 0.29) is 5.91 Å². The summed E-state index contributed by atoms with van der Waals surface area (Å²) in [5, 5.41) is 6.90. The van der Waals surface area contributed by atoms with E-state index in [4.69, 9.17) is 9.26 Å². The van der Waals surface area contributed by atoms with Crippen LogP contribution in [0.3, 0.4) is 0 Å². The zero-order valence-corrected chi connectivity index (χ0v) is 15.7. The van der Waals surface area contributed by atoms with Crippen LogP contribution in [0.2, 0.25) is 0 Å². The molecule has 1 aromatic heterocycles. The average molecular weight is 364 g/mol. The van der Waals surface area contributed by atoms with Crippen LogP contribution in [0.1, 0.15) is 39.4 Å². The maximum atomic E-state index is 12.6. The number of benzene rings is 2. The van der Waals surface area contributed by atoms with E-state index >= 15 is 0 Å². The monoisotopic (exact) mass is 364 g/mol. The van der Waals surface area contributed by atoms with E-state index < -0.39 is 0 Å². The molecular weight excluding hydrogens is 340 g/mol. The molecule has 0 fully saturated rings. The molecule has 27 heavy (non-hydrogen) atoms. The van der Waals surface area contributed by atoms with Crippen LogP contribution < -0.4 is 10.1 Å². The minimum absolute atomic E-state index is 0.127. The normalized spacial score (nSPS) is 10.6. The van der Waals surface area contributed by atoms with Gasteiger partial charge < -0.3 is 14.6 Å². The summed E-state index contributed by atoms with van der Waals surface area (Å²) in [4.78, 5) is 12.6. The molecule has 0 unspecified atom stereocenters. The number of amides is 1. The van der Waals surface area contributed by atoms with Gasteiger partial charge in [-0.05, 0) is 44.4 Å². The molecule has 0 saturated carbocycles. The summed E-state index contributed by atoms with van der Waals surface area (Å²) >= 11 is 0. The lowest BCUT2D eigenvalue weighted by Crippen LogP contribution is -2.25. The van der Waals surface area contributed by atoms with Crippen LogP contribution in [0.4, 0.5) is 0 Å². The minimum atomic E-state index is -0.127. The summed E-state index contributed by atoms with van der Waals surface area (Å²) in [6, 6.07) is 17.5. The number of rotatable bonds is 8. The van der Waals surface area contributed by atoms with Gasteiger partial charge in [0.25, 0.3) is 5.91 Å². The standard InChI is InChI=1S/C22H24N2O3/c1-16-20(17(2)27-24-16)15-26-21-13-7-6-12-19(21)22(25)23-14-8-11-18-9-4-3-5-10-18/h3-7,9-10,12-13H,8,11,14-15H2,1-2H3,(H,23,25). The number of aromatic nitrogens is 1. The maximum Gasteiger partial charge on any atom is 0.255 e. The molecular formula is C22H24N2O3. The number of nitrogens with one attached hydrogen (secondary N) is 1. The first kappa shape index (κ1) is 18.7. The van der Waals surface area contributed by atoms with Gasteiger partial charge in [-0.3, -0.25) is 4.79 Å². The quantitative estimate of drug-likeness (QED) is 0.608. The van der Waals surface area contributed by atoms with Crippen LogP contribution in [0.25, 0.3) is 0 Å². The summed E-state index contributed by atoms with van der Waals surface area (Å²) in [5.74, 6) is 1.16. The first-order chi connectivity index (χ1) is 13.1. The van der Waals surface area contributed by atoms with Crippen LogP contribution in [-0.2, 0) is 13.0 Å². The second-order valence-corrected chi connectivity index (χ2v) is 6.43. The Hall–Kier alpha value is -3.08. The highest BCUT2D eigenvalue weighted by molar-refractivity contribution is 5.96. The molecule has 0 aliphatic carbocycles. The molecule has 140 valence electrons. The van der Waals surface area contributed by atoms with Gasteiger partial charge in [-0.15, -0.1) is 0 Å². The highest BCUT2D eigenvalue weighted by atomic mass is 16.5. The summed E-state index contributed by atoms with van der Waals surface area (Å²) in [7, 11) is 0. The van der Waals surface area contributed by atoms with Crippen molar-refractivity contribution < 1.29 is 14.1 Å². The molecule has 3 rings (SSSR count). The molecule has 0 aliphatic heterocycles. The van der Waals surface area contributed by atoms with Crippen molar-refractivity contribution >= 4 is 5.91 Å². The van der Waals surface area contributed by atoms with Gasteiger partial charge in [-0.25, -0.2) is 0 Å². The Kier molecular flexibility index (Phi) is 6.26. The lowest BCUT2D eigenvalue weighted by atomic mass is 10.1. The van der Waals surface area contributed by atoms with E-state index in [0.29, 0.717) is 24.5 Å². The van der Waals surface area contributed by atoms with Crippen LogP contribution in [0, 0.1) is 13.8 Å². The summed E-state index contributed by atoms with van der Waals surface area (Å²) in [6.07, 6.45) is 1.82. The highest BCUT2D eigenvalue weighted by Crippen LogP contribution is 2.21. The van der Waals surface area contributed by atoms with Crippen molar-refractivity contribution in [1.29, 1.82) is 0 Å². The first-order valence-corrected chi connectivity index (χ1v) is 9.11. The molecule has 0 aliphatic rings. The van der Waals surface area contributed by atoms with Gasteiger partial charge in [0, 0.05) is 6.54 Å². The second kappa shape index (κ2) is 9.03. The summed E-state index contributed by atoms with van der Waals surface area (Å²) < 4.78 is 11.0. The molecule has 0 saturated heterocycles. The third-order valence-corrected chi connectivity index (χ3v) is 4.46. The predicted octanol–water partition coefficient (Wildman–Crippen LogP) is 4.23. The molecule has 0 bridgehead atoms. The number of nitrogens with zero attached hydrogens (tertiary/aromatic N) is 1. The van der Waals surface area contributed by atoms with E-state index in [1.165, 1.54) is 5.56 Å². The van der Waals surface area contributed by atoms with Gasteiger partial charge in [-0.1, -0.05) is 47.6 Å². The molecule has 0 radical (unpaired) electrons. The number of ether oxygens (including phenoxy) is 1. The van der Waals surface area contributed by atoms with Crippen molar-refractivity contribution in [3.63, 3.8) is 0 Å². The Morgan fingerprint density at radius 1 is 1.07 bits per heavy atom. The zero-order valence-electron chi connectivity index (χ0n) is 15.7. The Labute approximate surface area is 159 Å². The van der Waals surface area contributed by atoms with Crippen molar-refractivity contribution in [1.82, 2.24) is 10.5 Å². The van der Waals surface area contributed by atoms with Gasteiger partial charge in [0.15, 0.2) is 0 Å². The number of aryl methyl sites for hydroxylation is 3. The molecule has 5 nitrogen and oxygen atoms in total. The van der Waals surface area contributed by atoms with Crippen molar-refractivity contribution in [2.24, 2.45) is 0 Å². The van der Waals surface area contributed by atoms with Crippen LogP contribution in [-0.4, -0.2) is 17.6 Å². The van der Waals surface area contributed by atoms with Gasteiger partial charge in [0.05, 0.1) is 16.8 Å². The lowest BCUT2D eigenvalue weighted by Gasteiger charge is -2.11. The molecule has 1 heterocycles. The van der Waals surface area contributed by atoms with E-state index in [1.54, 1.807) is 12.1 Å². The predicted molar refractivity (Wildman–Crippen MR) is 104 cm³/mol. The van der Waals surface area contributed by atoms with Crippen LogP contribution in [0.5, 0.6) is 5.75 Å². The molecule has 0 spiro atoms. The molecule has 1 N–H and O–H groups in total. The van der Waals surface area contributed by atoms with Crippen molar-refractivity contribution in [3.8, 4) is 5.75 Å². The van der Waals surface area contributed by atoms with Crippen LogP contribution >= 0.6 is 0 Å². The van der Waals surface area contributed by atoms with E-state index in [1.807, 2.05) is 44.2 Å². The Bertz CT molecular complexity index is 868. The fraction of sp³-hybridized carbons (Fsp3) is 0.273. The number of para-hydroxylation sites is 1. The number of carbonyl (C=O) groups excluding carboxylic acids is 1. The SMILES string of the molecule is Cc1noc(C)c1COc1ccccc1C(=O)NCCCc1ccccc1. The topological polar surface area (TPSA) is 64.4 Å². The van der Waals surface area contributed by atoms with Gasteiger partial charge in [0.1, 0.15) is 18.1 Å². The van der Waals surface area contributed by atoms with E-state index in [0.717, 1.165) is 29.9 Å². The highest BCUT2D eigenvalue weighted by Gasteiger charge is 2.14. The summed E-state index contributed by atoms with van der Waals surface area (Å²) in [5.41, 5.74) is 3.52. The first-order valence-electron chi connectivity index (χ1n) is 9.11. The van der Waals surface area contributed by atoms with Gasteiger partial charge in [0.2, 0.25) is 0 Å². The fourth-order valence-corrected chi connectivity index (χ4v) is 2.87. The second-order valence-electron chi connectivity index (χ2n) is 6.43. The third-order valence-electron chi connectivity index (χ3n) is 4.46. The average Bonchev–Trinajstić information content (AvgIpc) is 3.02. The van der Waals surface area contributed by atoms with E-state index in [9.17, 15) is 4.79 Å². The molecule has 2 aromatic carbocycles. The van der Waals surface area contributed by atoms with Crippen molar-refractivity contribution in [2.75, 3.05) is 6.54 Å². The largest absolute Gasteiger partial charge is 0.488 e. The Morgan fingerprint density at radius 2 is 1.81 bits per heavy atom. The zero-order chi connectivity index (χ0) is 19.1. The lowest BCUT2D eigenvalue weighted by molar-refractivity contribution is 0.0948. The molecule has 1 amide bonds. The summed E-state index contributed by atoms with van der Waals surface area (Å²) in [6.45, 7) is 4.66. The maximum absolute atomic E-state index is 12.6. The van der Waals surface area contributed by atoms with E-state index in [2.05, 4.69) is 22.6 Å². The smallest absolute Gasteiger partial charge is 0.255 e. The van der Waals surface area contributed by atoms with Gasteiger partial charge in [-0.2, -0.15) is 0 Å². The molecule has 3 aromatic rings. The fourth-order valence-electron chi connectivity index (χ4n) is 2.87. The molecule has 0 atom stereocenters. The third kappa shape index (κ3) is 4.97. The number of hydrogen-bond donors (Lipinski definition) is 1. The van der Waals surface area contributed by atoms with Crippen LogP contribution in [0.15, 0.2) is 59.1 Å². The molecule has 5 heteroatoms. The van der Waals surface area contributed by atoms with Crippen molar-refractivity contribution in [3.05, 3.63) is 82.7 Å². The number of carbonyl (C=O) groups is 1. The number of hydrogen-bond acceptors (Lipinski definition) is 4. The van der Waals surface area contributed by atoms with Gasteiger partial charge >= 0.3 is 0 Å².